The minimum absolute atomic E-state index is 0.988. The lowest BCUT2D eigenvalue weighted by Gasteiger charge is -2.10. The molecule has 0 aliphatic carbocycles. The highest BCUT2D eigenvalue weighted by Gasteiger charge is 2.05. The molecule has 0 atom stereocenters. The van der Waals surface area contributed by atoms with Gasteiger partial charge in [0.05, 0.1) is 0 Å². The van der Waals surface area contributed by atoms with Crippen LogP contribution in [-0.2, 0) is 6.42 Å². The molecule has 0 radical (unpaired) electrons. The number of allylic oxidation sites excluding steroid dienone is 1. The van der Waals surface area contributed by atoms with Gasteiger partial charge in [0.1, 0.15) is 0 Å². The molecule has 0 aromatic heterocycles. The van der Waals surface area contributed by atoms with Gasteiger partial charge in [-0.15, -0.1) is 0 Å². The highest BCUT2D eigenvalue weighted by molar-refractivity contribution is 14.1. The molecule has 2 heteroatoms. The Morgan fingerprint density at radius 2 is 1.73 bits per heavy atom. The van der Waals surface area contributed by atoms with Crippen LogP contribution >= 0.6 is 34.4 Å². The Bertz CT molecular complexity index is 998. The maximum absolute atomic E-state index is 4.27. The fourth-order valence-electron chi connectivity index (χ4n) is 2.98. The molecular formula is C24H23IS. The van der Waals surface area contributed by atoms with Gasteiger partial charge in [0, 0.05) is 8.48 Å². The Balaban J connectivity index is 1.71. The van der Waals surface area contributed by atoms with E-state index < -0.39 is 0 Å². The zero-order chi connectivity index (χ0) is 18.7. The molecule has 0 aliphatic rings. The Kier molecular flexibility index (Phi) is 6.25. The first-order chi connectivity index (χ1) is 12.4. The van der Waals surface area contributed by atoms with E-state index in [0.717, 1.165) is 11.3 Å². The summed E-state index contributed by atoms with van der Waals surface area (Å²) in [6.45, 7) is 10.9. The van der Waals surface area contributed by atoms with Crippen molar-refractivity contribution in [3.05, 3.63) is 98.0 Å². The van der Waals surface area contributed by atoms with Gasteiger partial charge in [-0.1, -0.05) is 66.4 Å². The van der Waals surface area contributed by atoms with Crippen LogP contribution in [0.3, 0.4) is 0 Å². The number of thioether (sulfide) groups is 1. The zero-order valence-electron chi connectivity index (χ0n) is 15.5. The first-order valence-corrected chi connectivity index (χ1v) is 10.7. The molecule has 0 amide bonds. The van der Waals surface area contributed by atoms with E-state index in [-0.39, 0.29) is 0 Å². The number of fused-ring (bicyclic) bond motifs is 1. The van der Waals surface area contributed by atoms with Crippen LogP contribution in [0.4, 0.5) is 0 Å². The molecule has 0 bridgehead atoms. The minimum Gasteiger partial charge on any atom is -0.0981 e. The molecule has 3 aromatic carbocycles. The molecule has 0 aliphatic heterocycles. The number of hydrogen-bond acceptors (Lipinski definition) is 1. The van der Waals surface area contributed by atoms with Crippen molar-refractivity contribution in [1.82, 2.24) is 0 Å². The van der Waals surface area contributed by atoms with Crippen molar-refractivity contribution < 1.29 is 0 Å². The summed E-state index contributed by atoms with van der Waals surface area (Å²) in [5.74, 6) is 0. The molecular weight excluding hydrogens is 447 g/mol. The Morgan fingerprint density at radius 3 is 2.50 bits per heavy atom. The molecule has 3 aromatic rings. The van der Waals surface area contributed by atoms with Crippen LogP contribution in [0.15, 0.2) is 72.2 Å². The third-order valence-corrected chi connectivity index (χ3v) is 6.76. The molecule has 0 saturated carbocycles. The predicted molar refractivity (Wildman–Crippen MR) is 127 cm³/mol. The summed E-state index contributed by atoms with van der Waals surface area (Å²) < 4.78 is 1.34. The van der Waals surface area contributed by atoms with Crippen LogP contribution in [0, 0.1) is 17.4 Å². The van der Waals surface area contributed by atoms with Crippen molar-refractivity contribution >= 4 is 50.0 Å². The molecule has 0 spiro atoms. The van der Waals surface area contributed by atoms with E-state index in [1.807, 2.05) is 0 Å². The third kappa shape index (κ3) is 4.60. The van der Waals surface area contributed by atoms with Crippen LogP contribution in [-0.4, -0.2) is 0 Å². The van der Waals surface area contributed by atoms with Crippen molar-refractivity contribution in [2.45, 2.75) is 27.2 Å². The van der Waals surface area contributed by atoms with Gasteiger partial charge < -0.3 is 0 Å². The van der Waals surface area contributed by atoms with Crippen LogP contribution < -0.4 is 0 Å². The summed E-state index contributed by atoms with van der Waals surface area (Å²) in [7, 11) is 0. The largest absolute Gasteiger partial charge is 0.0981 e. The number of aryl methyl sites for hydroxylation is 2. The Hall–Kier alpha value is -1.52. The monoisotopic (exact) mass is 470 g/mol. The summed E-state index contributed by atoms with van der Waals surface area (Å²) >= 11 is 4.13. The van der Waals surface area contributed by atoms with Gasteiger partial charge in [-0.05, 0) is 100 Å². The number of rotatable bonds is 5. The van der Waals surface area contributed by atoms with E-state index in [9.17, 15) is 0 Å². The molecule has 0 unspecified atom stereocenters. The smallest absolute Gasteiger partial charge is 0.0162 e. The van der Waals surface area contributed by atoms with Gasteiger partial charge in [0.15, 0.2) is 0 Å². The van der Waals surface area contributed by atoms with Crippen LogP contribution in [0.2, 0.25) is 0 Å². The maximum atomic E-state index is 4.27. The summed E-state index contributed by atoms with van der Waals surface area (Å²) in [4.78, 5) is 1.09. The predicted octanol–water partition coefficient (Wildman–Crippen LogP) is 7.91. The second kappa shape index (κ2) is 8.45. The first kappa shape index (κ1) is 19.2. The second-order valence-electron chi connectivity index (χ2n) is 6.77. The fraction of sp³-hybridized carbons (Fsp3) is 0.167. The van der Waals surface area contributed by atoms with Crippen molar-refractivity contribution in [3.8, 4) is 0 Å². The Labute approximate surface area is 174 Å². The van der Waals surface area contributed by atoms with Crippen LogP contribution in [0.25, 0.3) is 15.7 Å². The van der Waals surface area contributed by atoms with E-state index in [4.69, 9.17) is 0 Å². The van der Waals surface area contributed by atoms with Crippen LogP contribution in [0.5, 0.6) is 0 Å². The molecule has 0 nitrogen and oxygen atoms in total. The average molecular weight is 470 g/mol. The molecule has 0 fully saturated rings. The van der Waals surface area contributed by atoms with Crippen molar-refractivity contribution in [3.63, 3.8) is 0 Å². The summed E-state index contributed by atoms with van der Waals surface area (Å²) in [6, 6.07) is 19.6. The zero-order valence-corrected chi connectivity index (χ0v) is 18.4. The van der Waals surface area contributed by atoms with E-state index >= 15 is 0 Å². The molecule has 0 N–H and O–H groups in total. The average Bonchev–Trinajstić information content (AvgIpc) is 2.63. The minimum atomic E-state index is 0.988. The van der Waals surface area contributed by atoms with Gasteiger partial charge in [-0.2, -0.15) is 0 Å². The quantitative estimate of drug-likeness (QED) is 0.342. The third-order valence-electron chi connectivity index (χ3n) is 4.56. The second-order valence-corrected chi connectivity index (χ2v) is 8.90. The standard InChI is InChI=1S/C24H23IS/c1-16(11-23-12-18(3)24(25)13-17(23)2)15-26-19(4)21-10-9-20-7-5-6-8-22(20)14-21/h5-10,12-15H,4,11H2,1-3H3/b16-15+. The summed E-state index contributed by atoms with van der Waals surface area (Å²) in [6.07, 6.45) is 0.988. The van der Waals surface area contributed by atoms with E-state index in [2.05, 4.69) is 110 Å². The van der Waals surface area contributed by atoms with Gasteiger partial charge in [0.2, 0.25) is 0 Å². The van der Waals surface area contributed by atoms with Gasteiger partial charge in [-0.3, -0.25) is 0 Å². The van der Waals surface area contributed by atoms with Crippen molar-refractivity contribution in [2.24, 2.45) is 0 Å². The van der Waals surface area contributed by atoms with Gasteiger partial charge in [-0.25, -0.2) is 0 Å². The van der Waals surface area contributed by atoms with E-state index in [1.54, 1.807) is 11.8 Å². The Morgan fingerprint density at radius 1 is 1.00 bits per heavy atom. The molecule has 0 saturated heterocycles. The lowest BCUT2D eigenvalue weighted by Crippen LogP contribution is -1.94. The van der Waals surface area contributed by atoms with Crippen molar-refractivity contribution in [1.29, 1.82) is 0 Å². The fourth-order valence-corrected chi connectivity index (χ4v) is 4.29. The molecule has 3 rings (SSSR count). The lowest BCUT2D eigenvalue weighted by atomic mass is 10.00. The molecule has 26 heavy (non-hydrogen) atoms. The summed E-state index contributed by atoms with van der Waals surface area (Å²) in [5.41, 5.74) is 6.69. The maximum Gasteiger partial charge on any atom is 0.0162 e. The topological polar surface area (TPSA) is 0 Å². The number of benzene rings is 3. The van der Waals surface area contributed by atoms with Gasteiger partial charge >= 0.3 is 0 Å². The number of halogens is 1. The van der Waals surface area contributed by atoms with Crippen LogP contribution in [0.1, 0.15) is 29.2 Å². The molecule has 132 valence electrons. The summed E-state index contributed by atoms with van der Waals surface area (Å²) in [5, 5.41) is 4.77. The normalized spacial score (nSPS) is 11.8. The molecule has 0 heterocycles. The highest BCUT2D eigenvalue weighted by Crippen LogP contribution is 2.30. The van der Waals surface area contributed by atoms with Crippen molar-refractivity contribution in [2.75, 3.05) is 0 Å². The SMILES string of the molecule is C=C(S/C=C(\C)Cc1cc(C)c(I)cc1C)c1ccc2ccccc2c1. The van der Waals surface area contributed by atoms with E-state index in [1.165, 1.54) is 42.2 Å². The van der Waals surface area contributed by atoms with Gasteiger partial charge in [0.25, 0.3) is 0 Å². The van der Waals surface area contributed by atoms with E-state index in [0.29, 0.717) is 0 Å². The highest BCUT2D eigenvalue weighted by atomic mass is 127. The lowest BCUT2D eigenvalue weighted by molar-refractivity contribution is 1.11. The number of hydrogen-bond donors (Lipinski definition) is 0. The first-order valence-electron chi connectivity index (χ1n) is 8.70.